The van der Waals surface area contributed by atoms with Crippen molar-refractivity contribution in [2.45, 2.75) is 24.3 Å². The molecule has 0 bridgehead atoms. The molecule has 0 aliphatic carbocycles. The zero-order valence-corrected chi connectivity index (χ0v) is 9.43. The summed E-state index contributed by atoms with van der Waals surface area (Å²) in [4.78, 5) is 14.1. The largest absolute Gasteiger partial charge is 0.481 e. The van der Waals surface area contributed by atoms with Crippen LogP contribution in [0, 0.1) is 0 Å². The summed E-state index contributed by atoms with van der Waals surface area (Å²) >= 11 is 1.000. The Morgan fingerprint density at radius 1 is 1.56 bits per heavy atom. The fourth-order valence-electron chi connectivity index (χ4n) is 1.02. The molecule has 0 aliphatic rings. The minimum absolute atomic E-state index is 0.128. The van der Waals surface area contributed by atoms with E-state index in [-0.39, 0.29) is 17.7 Å². The summed E-state index contributed by atoms with van der Waals surface area (Å²) in [6.07, 6.45) is 0.810. The molecule has 0 saturated heterocycles. The van der Waals surface area contributed by atoms with Crippen molar-refractivity contribution in [1.29, 1.82) is 0 Å². The minimum atomic E-state index is -2.87. The molecule has 0 fully saturated rings. The lowest BCUT2D eigenvalue weighted by Gasteiger charge is -2.13. The van der Waals surface area contributed by atoms with E-state index in [4.69, 9.17) is 5.11 Å². The molecule has 0 spiro atoms. The normalized spacial score (nSPS) is 11.4. The summed E-state index contributed by atoms with van der Waals surface area (Å²) in [5.74, 6) is -3.96. The van der Waals surface area contributed by atoms with Crippen molar-refractivity contribution >= 4 is 17.7 Å². The second kappa shape index (κ2) is 5.25. The Balaban J connectivity index is 2.71. The molecule has 0 unspecified atom stereocenters. The average molecular weight is 247 g/mol. The number of rotatable bonds is 5. The van der Waals surface area contributed by atoms with Gasteiger partial charge in [0.05, 0.1) is 10.8 Å². The Morgan fingerprint density at radius 3 is 2.69 bits per heavy atom. The van der Waals surface area contributed by atoms with Gasteiger partial charge < -0.3 is 5.11 Å². The molecule has 1 rings (SSSR count). The van der Waals surface area contributed by atoms with E-state index in [0.717, 1.165) is 18.0 Å². The quantitative estimate of drug-likeness (QED) is 0.813. The summed E-state index contributed by atoms with van der Waals surface area (Å²) in [5.41, 5.74) is -0.144. The van der Waals surface area contributed by atoms with E-state index >= 15 is 0 Å². The third-order valence-corrected chi connectivity index (χ3v) is 2.87. The number of aromatic nitrogens is 1. The van der Waals surface area contributed by atoms with Gasteiger partial charge in [-0.1, -0.05) is 18.7 Å². The maximum atomic E-state index is 13.2. The van der Waals surface area contributed by atoms with Crippen molar-refractivity contribution < 1.29 is 18.7 Å². The van der Waals surface area contributed by atoms with Gasteiger partial charge in [-0.25, -0.2) is 13.8 Å². The van der Waals surface area contributed by atoms with Crippen LogP contribution in [0.25, 0.3) is 0 Å². The Kier molecular flexibility index (Phi) is 4.23. The standard InChI is InChI=1S/C10H11F2NO2S/c1-2-10(11,12)7-3-4-8(13-5-7)16-6-9(14)15/h3-5H,2,6H2,1H3,(H,14,15). The molecule has 3 nitrogen and oxygen atoms in total. The summed E-state index contributed by atoms with van der Waals surface area (Å²) in [5, 5.41) is 8.86. The van der Waals surface area contributed by atoms with Gasteiger partial charge in [-0.2, -0.15) is 0 Å². The Labute approximate surface area is 95.9 Å². The van der Waals surface area contributed by atoms with Crippen LogP contribution in [0.4, 0.5) is 8.78 Å². The SMILES string of the molecule is CCC(F)(F)c1ccc(SCC(=O)O)nc1. The highest BCUT2D eigenvalue weighted by atomic mass is 32.2. The predicted molar refractivity (Wildman–Crippen MR) is 56.8 cm³/mol. The number of hydrogen-bond acceptors (Lipinski definition) is 3. The molecule has 6 heteroatoms. The highest BCUT2D eigenvalue weighted by Gasteiger charge is 2.29. The average Bonchev–Trinajstić information content (AvgIpc) is 2.27. The van der Waals surface area contributed by atoms with Gasteiger partial charge in [-0.15, -0.1) is 0 Å². The molecule has 0 atom stereocenters. The van der Waals surface area contributed by atoms with Gasteiger partial charge in [0.25, 0.3) is 5.92 Å². The van der Waals surface area contributed by atoms with Crippen LogP contribution in [0.5, 0.6) is 0 Å². The van der Waals surface area contributed by atoms with Crippen molar-refractivity contribution in [3.63, 3.8) is 0 Å². The Bertz CT molecular complexity index is 368. The number of carboxylic acid groups (broad SMARTS) is 1. The van der Waals surface area contributed by atoms with Crippen LogP contribution in [-0.2, 0) is 10.7 Å². The van der Waals surface area contributed by atoms with E-state index in [2.05, 4.69) is 4.98 Å². The molecule has 1 aromatic heterocycles. The van der Waals surface area contributed by atoms with Crippen LogP contribution in [0.2, 0.25) is 0 Å². The minimum Gasteiger partial charge on any atom is -0.481 e. The van der Waals surface area contributed by atoms with Gasteiger partial charge in [0.1, 0.15) is 0 Å². The zero-order valence-electron chi connectivity index (χ0n) is 8.61. The lowest BCUT2D eigenvalue weighted by molar-refractivity contribution is -0.133. The smallest absolute Gasteiger partial charge is 0.313 e. The van der Waals surface area contributed by atoms with Gasteiger partial charge in [-0.05, 0) is 12.1 Å². The molecule has 16 heavy (non-hydrogen) atoms. The number of aliphatic carboxylic acids is 1. The zero-order chi connectivity index (χ0) is 12.2. The molecule has 0 radical (unpaired) electrons. The summed E-state index contributed by atoms with van der Waals surface area (Å²) in [6, 6.07) is 2.69. The molecule has 88 valence electrons. The summed E-state index contributed by atoms with van der Waals surface area (Å²) in [6.45, 7) is 1.40. The van der Waals surface area contributed by atoms with Crippen LogP contribution in [0.15, 0.2) is 23.4 Å². The first-order valence-electron chi connectivity index (χ1n) is 4.64. The topological polar surface area (TPSA) is 50.2 Å². The van der Waals surface area contributed by atoms with E-state index in [9.17, 15) is 13.6 Å². The van der Waals surface area contributed by atoms with E-state index in [0.29, 0.717) is 5.03 Å². The van der Waals surface area contributed by atoms with Crippen molar-refractivity contribution in [2.75, 3.05) is 5.75 Å². The monoisotopic (exact) mass is 247 g/mol. The number of halogens is 2. The van der Waals surface area contributed by atoms with Gasteiger partial charge in [0.2, 0.25) is 0 Å². The van der Waals surface area contributed by atoms with Crippen LogP contribution in [0.3, 0.4) is 0 Å². The maximum Gasteiger partial charge on any atom is 0.313 e. The molecule has 0 aliphatic heterocycles. The molecule has 1 aromatic rings. The number of alkyl halides is 2. The number of thioether (sulfide) groups is 1. The summed E-state index contributed by atoms with van der Waals surface area (Å²) in [7, 11) is 0. The van der Waals surface area contributed by atoms with E-state index in [1.54, 1.807) is 0 Å². The van der Waals surface area contributed by atoms with Crippen LogP contribution in [-0.4, -0.2) is 21.8 Å². The van der Waals surface area contributed by atoms with E-state index in [1.807, 2.05) is 0 Å². The fraction of sp³-hybridized carbons (Fsp3) is 0.400. The number of nitrogens with zero attached hydrogens (tertiary/aromatic N) is 1. The predicted octanol–water partition coefficient (Wildman–Crippen LogP) is 2.76. The van der Waals surface area contributed by atoms with Gasteiger partial charge >= 0.3 is 5.97 Å². The third-order valence-electron chi connectivity index (χ3n) is 1.95. The lowest BCUT2D eigenvalue weighted by atomic mass is 10.1. The number of pyridine rings is 1. The first kappa shape index (κ1) is 12.9. The van der Waals surface area contributed by atoms with Crippen LogP contribution < -0.4 is 0 Å². The molecular formula is C10H11F2NO2S. The Hall–Kier alpha value is -1.17. The molecule has 1 heterocycles. The second-order valence-electron chi connectivity index (χ2n) is 3.13. The fourth-order valence-corrected chi connectivity index (χ4v) is 1.58. The van der Waals surface area contributed by atoms with Crippen LogP contribution >= 0.6 is 11.8 Å². The van der Waals surface area contributed by atoms with Crippen molar-refractivity contribution in [3.05, 3.63) is 23.9 Å². The second-order valence-corrected chi connectivity index (χ2v) is 4.12. The molecule has 1 N–H and O–H groups in total. The van der Waals surface area contributed by atoms with Gasteiger partial charge in [0.15, 0.2) is 0 Å². The first-order chi connectivity index (χ1) is 7.45. The lowest BCUT2D eigenvalue weighted by Crippen LogP contribution is -2.11. The molecule has 0 amide bonds. The molecule has 0 saturated carbocycles. The van der Waals surface area contributed by atoms with Gasteiger partial charge in [0, 0.05) is 18.2 Å². The number of carboxylic acids is 1. The highest BCUT2D eigenvalue weighted by molar-refractivity contribution is 7.99. The van der Waals surface area contributed by atoms with Gasteiger partial charge in [-0.3, -0.25) is 4.79 Å². The van der Waals surface area contributed by atoms with Crippen molar-refractivity contribution in [2.24, 2.45) is 0 Å². The molecule has 0 aromatic carbocycles. The van der Waals surface area contributed by atoms with E-state index < -0.39 is 11.9 Å². The van der Waals surface area contributed by atoms with Crippen molar-refractivity contribution in [1.82, 2.24) is 4.98 Å². The number of carbonyl (C=O) groups is 1. The summed E-state index contributed by atoms with van der Waals surface area (Å²) < 4.78 is 26.4. The Morgan fingerprint density at radius 2 is 2.25 bits per heavy atom. The van der Waals surface area contributed by atoms with Crippen LogP contribution in [0.1, 0.15) is 18.9 Å². The third kappa shape index (κ3) is 3.44. The van der Waals surface area contributed by atoms with E-state index in [1.165, 1.54) is 19.1 Å². The number of hydrogen-bond donors (Lipinski definition) is 1. The molecular weight excluding hydrogens is 236 g/mol. The van der Waals surface area contributed by atoms with Crippen molar-refractivity contribution in [3.8, 4) is 0 Å². The first-order valence-corrected chi connectivity index (χ1v) is 5.63. The maximum absolute atomic E-state index is 13.2. The highest BCUT2D eigenvalue weighted by Crippen LogP contribution is 2.31.